The highest BCUT2D eigenvalue weighted by Crippen LogP contribution is 2.19. The van der Waals surface area contributed by atoms with Crippen molar-refractivity contribution in [3.05, 3.63) is 0 Å². The summed E-state index contributed by atoms with van der Waals surface area (Å²) in [6, 6.07) is 0. The molecule has 1 rings (SSSR count). The molecule has 1 fully saturated rings. The third-order valence-electron chi connectivity index (χ3n) is 2.75. The van der Waals surface area contributed by atoms with Crippen molar-refractivity contribution < 1.29 is 13.2 Å². The van der Waals surface area contributed by atoms with E-state index in [1.54, 1.807) is 20.8 Å². The molecule has 17 heavy (non-hydrogen) atoms. The predicted molar refractivity (Wildman–Crippen MR) is 66.8 cm³/mol. The lowest BCUT2D eigenvalue weighted by Gasteiger charge is -2.33. The average Bonchev–Trinajstić information content (AvgIpc) is 2.14. The molecule has 0 aliphatic carbocycles. The standard InChI is InChI=1S/C11H22N2O3S/c1-5-9-8-13(7-6-10(9)14)17(15,16)12-11(2,3)4/h9,12H,5-8H2,1-4H3. The molecule has 6 heteroatoms. The van der Waals surface area contributed by atoms with Crippen molar-refractivity contribution in [1.82, 2.24) is 9.03 Å². The minimum Gasteiger partial charge on any atom is -0.299 e. The summed E-state index contributed by atoms with van der Waals surface area (Å²) in [5, 5.41) is 0. The van der Waals surface area contributed by atoms with Gasteiger partial charge in [0.15, 0.2) is 0 Å². The molecule has 1 saturated heterocycles. The number of carbonyl (C=O) groups excluding carboxylic acids is 1. The second-order valence-corrected chi connectivity index (χ2v) is 7.21. The number of hydrogen-bond acceptors (Lipinski definition) is 3. The molecule has 1 aliphatic rings. The first-order chi connectivity index (χ1) is 7.65. The number of carbonyl (C=O) groups is 1. The molecule has 1 heterocycles. The molecule has 0 radical (unpaired) electrons. The van der Waals surface area contributed by atoms with Crippen LogP contribution in [0.3, 0.4) is 0 Å². The van der Waals surface area contributed by atoms with Gasteiger partial charge in [-0.1, -0.05) is 6.92 Å². The Kier molecular flexibility index (Phi) is 4.33. The molecule has 0 saturated carbocycles. The fourth-order valence-corrected chi connectivity index (χ4v) is 3.52. The Bertz CT molecular complexity index is 384. The molecule has 1 aliphatic heterocycles. The molecule has 5 nitrogen and oxygen atoms in total. The Morgan fingerprint density at radius 3 is 2.47 bits per heavy atom. The average molecular weight is 262 g/mol. The van der Waals surface area contributed by atoms with Crippen LogP contribution < -0.4 is 4.72 Å². The van der Waals surface area contributed by atoms with Crippen LogP contribution in [-0.4, -0.2) is 37.1 Å². The zero-order chi connectivity index (χ0) is 13.3. The molecular weight excluding hydrogens is 240 g/mol. The maximum Gasteiger partial charge on any atom is 0.279 e. The van der Waals surface area contributed by atoms with Gasteiger partial charge in [-0.05, 0) is 27.2 Å². The zero-order valence-corrected chi connectivity index (χ0v) is 11.8. The van der Waals surface area contributed by atoms with Gasteiger partial charge in [0.05, 0.1) is 0 Å². The third kappa shape index (κ3) is 4.04. The van der Waals surface area contributed by atoms with Crippen molar-refractivity contribution in [2.45, 2.75) is 46.1 Å². The maximum absolute atomic E-state index is 12.1. The van der Waals surface area contributed by atoms with Gasteiger partial charge in [0, 0.05) is 31.0 Å². The molecule has 0 spiro atoms. The normalized spacial score (nSPS) is 24.0. The molecule has 1 unspecified atom stereocenters. The van der Waals surface area contributed by atoms with Crippen LogP contribution in [0.4, 0.5) is 0 Å². The van der Waals surface area contributed by atoms with Gasteiger partial charge in [0.25, 0.3) is 10.2 Å². The first-order valence-corrected chi connectivity index (χ1v) is 7.41. The van der Waals surface area contributed by atoms with Crippen LogP contribution >= 0.6 is 0 Å². The number of nitrogens with zero attached hydrogens (tertiary/aromatic N) is 1. The van der Waals surface area contributed by atoms with Gasteiger partial charge in [0.2, 0.25) is 0 Å². The minimum atomic E-state index is -3.48. The molecule has 1 atom stereocenters. The monoisotopic (exact) mass is 262 g/mol. The summed E-state index contributed by atoms with van der Waals surface area (Å²) in [6.07, 6.45) is 1.02. The van der Waals surface area contributed by atoms with Gasteiger partial charge >= 0.3 is 0 Å². The van der Waals surface area contributed by atoms with Crippen molar-refractivity contribution in [3.8, 4) is 0 Å². The van der Waals surface area contributed by atoms with Gasteiger partial charge in [-0.3, -0.25) is 4.79 Å². The van der Waals surface area contributed by atoms with E-state index < -0.39 is 15.7 Å². The Balaban J connectivity index is 2.77. The van der Waals surface area contributed by atoms with Crippen LogP contribution in [0.5, 0.6) is 0 Å². The molecule has 0 bridgehead atoms. The van der Waals surface area contributed by atoms with Crippen molar-refractivity contribution in [2.75, 3.05) is 13.1 Å². The lowest BCUT2D eigenvalue weighted by molar-refractivity contribution is -0.125. The summed E-state index contributed by atoms with van der Waals surface area (Å²) >= 11 is 0. The fourth-order valence-electron chi connectivity index (χ4n) is 1.90. The highest BCUT2D eigenvalue weighted by Gasteiger charge is 2.34. The highest BCUT2D eigenvalue weighted by molar-refractivity contribution is 7.87. The molecule has 0 aromatic carbocycles. The van der Waals surface area contributed by atoms with Crippen molar-refractivity contribution >= 4 is 16.0 Å². The van der Waals surface area contributed by atoms with E-state index in [0.717, 1.165) is 0 Å². The number of hydrogen-bond donors (Lipinski definition) is 1. The first kappa shape index (κ1) is 14.6. The fraction of sp³-hybridized carbons (Fsp3) is 0.909. The summed E-state index contributed by atoms with van der Waals surface area (Å²) in [6.45, 7) is 7.92. The van der Waals surface area contributed by atoms with Crippen LogP contribution in [0, 0.1) is 5.92 Å². The van der Waals surface area contributed by atoms with E-state index in [0.29, 0.717) is 25.9 Å². The summed E-state index contributed by atoms with van der Waals surface area (Å²) < 4.78 is 28.1. The molecule has 100 valence electrons. The second kappa shape index (κ2) is 5.04. The number of piperidine rings is 1. The van der Waals surface area contributed by atoms with Crippen molar-refractivity contribution in [1.29, 1.82) is 0 Å². The molecular formula is C11H22N2O3S. The van der Waals surface area contributed by atoms with Crippen LogP contribution in [0.25, 0.3) is 0 Å². The largest absolute Gasteiger partial charge is 0.299 e. The Labute approximate surface area is 104 Å². The summed E-state index contributed by atoms with van der Waals surface area (Å²) in [5.41, 5.74) is -0.498. The van der Waals surface area contributed by atoms with Gasteiger partial charge in [-0.2, -0.15) is 17.4 Å². The summed E-state index contributed by atoms with van der Waals surface area (Å²) in [5.74, 6) is 0.0232. The van der Waals surface area contributed by atoms with E-state index in [4.69, 9.17) is 0 Å². The number of rotatable bonds is 3. The van der Waals surface area contributed by atoms with Crippen molar-refractivity contribution in [2.24, 2.45) is 5.92 Å². The van der Waals surface area contributed by atoms with Gasteiger partial charge in [-0.25, -0.2) is 0 Å². The summed E-state index contributed by atoms with van der Waals surface area (Å²) in [7, 11) is -3.48. The lowest BCUT2D eigenvalue weighted by Crippen LogP contribution is -2.53. The molecule has 0 aromatic heterocycles. The van der Waals surface area contributed by atoms with E-state index >= 15 is 0 Å². The number of Topliss-reactive ketones (excluding diaryl/α,β-unsaturated/α-hetero) is 1. The van der Waals surface area contributed by atoms with E-state index in [1.807, 2.05) is 6.92 Å². The maximum atomic E-state index is 12.1. The van der Waals surface area contributed by atoms with Crippen LogP contribution in [0.2, 0.25) is 0 Å². The Morgan fingerprint density at radius 2 is 2.00 bits per heavy atom. The van der Waals surface area contributed by atoms with Gasteiger partial charge in [0.1, 0.15) is 5.78 Å². The Morgan fingerprint density at radius 1 is 1.41 bits per heavy atom. The van der Waals surface area contributed by atoms with E-state index in [-0.39, 0.29) is 11.7 Å². The summed E-state index contributed by atoms with van der Waals surface area (Å²) in [4.78, 5) is 11.5. The highest BCUT2D eigenvalue weighted by atomic mass is 32.2. The number of ketones is 1. The SMILES string of the molecule is CCC1CN(S(=O)(=O)NC(C)(C)C)CCC1=O. The van der Waals surface area contributed by atoms with E-state index in [2.05, 4.69) is 4.72 Å². The first-order valence-electron chi connectivity index (χ1n) is 5.97. The van der Waals surface area contributed by atoms with E-state index in [1.165, 1.54) is 4.31 Å². The third-order valence-corrected chi connectivity index (χ3v) is 4.64. The molecule has 1 N–H and O–H groups in total. The predicted octanol–water partition coefficient (Wildman–Crippen LogP) is 0.920. The topological polar surface area (TPSA) is 66.5 Å². The second-order valence-electron chi connectivity index (χ2n) is 5.54. The van der Waals surface area contributed by atoms with Gasteiger partial charge in [-0.15, -0.1) is 0 Å². The van der Waals surface area contributed by atoms with Crippen LogP contribution in [0.15, 0.2) is 0 Å². The van der Waals surface area contributed by atoms with Crippen LogP contribution in [-0.2, 0) is 15.0 Å². The lowest BCUT2D eigenvalue weighted by atomic mass is 9.96. The van der Waals surface area contributed by atoms with E-state index in [9.17, 15) is 13.2 Å². The minimum absolute atomic E-state index is 0.153. The quantitative estimate of drug-likeness (QED) is 0.822. The molecule has 0 amide bonds. The Hall–Kier alpha value is -0.460. The number of nitrogens with one attached hydrogen (secondary N) is 1. The van der Waals surface area contributed by atoms with Crippen LogP contribution in [0.1, 0.15) is 40.5 Å². The zero-order valence-electron chi connectivity index (χ0n) is 11.0. The molecule has 0 aromatic rings. The van der Waals surface area contributed by atoms with Gasteiger partial charge < -0.3 is 0 Å². The smallest absolute Gasteiger partial charge is 0.279 e. The van der Waals surface area contributed by atoms with Crippen molar-refractivity contribution in [3.63, 3.8) is 0 Å².